The fourth-order valence-electron chi connectivity index (χ4n) is 3.18. The molecular weight excluding hydrogens is 415 g/mol. The van der Waals surface area contributed by atoms with E-state index in [2.05, 4.69) is 10.6 Å². The van der Waals surface area contributed by atoms with Gasteiger partial charge in [0.15, 0.2) is 5.72 Å². The van der Waals surface area contributed by atoms with E-state index in [9.17, 15) is 19.8 Å². The maximum absolute atomic E-state index is 12.4. The number of rotatable bonds is 5. The van der Waals surface area contributed by atoms with E-state index in [0.29, 0.717) is 5.57 Å². The maximum atomic E-state index is 12.4. The van der Waals surface area contributed by atoms with Crippen LogP contribution in [0.15, 0.2) is 66.8 Å². The molecule has 0 heterocycles. The van der Waals surface area contributed by atoms with E-state index in [-0.39, 0.29) is 15.7 Å². The van der Waals surface area contributed by atoms with E-state index in [0.717, 1.165) is 5.56 Å². The van der Waals surface area contributed by atoms with E-state index in [1.165, 1.54) is 31.2 Å². The van der Waals surface area contributed by atoms with Crippen molar-refractivity contribution in [3.63, 3.8) is 0 Å². The molecule has 6 nitrogen and oxygen atoms in total. The zero-order chi connectivity index (χ0) is 21.2. The Morgan fingerprint density at radius 3 is 2.17 bits per heavy atom. The first-order valence-electron chi connectivity index (χ1n) is 8.63. The van der Waals surface area contributed by atoms with Crippen molar-refractivity contribution in [1.82, 2.24) is 5.32 Å². The monoisotopic (exact) mass is 432 g/mol. The van der Waals surface area contributed by atoms with Crippen molar-refractivity contribution in [2.24, 2.45) is 0 Å². The Morgan fingerprint density at radius 1 is 1.00 bits per heavy atom. The molecule has 150 valence electrons. The average molecular weight is 433 g/mol. The molecule has 2 aromatic rings. The number of anilines is 1. The van der Waals surface area contributed by atoms with Gasteiger partial charge in [-0.2, -0.15) is 0 Å². The minimum absolute atomic E-state index is 0.135. The molecule has 1 aliphatic carbocycles. The van der Waals surface area contributed by atoms with Gasteiger partial charge in [0.05, 0.1) is 15.7 Å². The predicted molar refractivity (Wildman–Crippen MR) is 113 cm³/mol. The lowest BCUT2D eigenvalue weighted by atomic mass is 9.78. The molecule has 0 bridgehead atoms. The normalized spacial score (nSPS) is 23.2. The molecule has 0 spiro atoms. The first kappa shape index (κ1) is 20.9. The van der Waals surface area contributed by atoms with Crippen LogP contribution in [-0.4, -0.2) is 33.4 Å². The summed E-state index contributed by atoms with van der Waals surface area (Å²) in [5.41, 5.74) is -3.13. The number of para-hydroxylation sites is 1. The molecule has 0 aromatic heterocycles. The summed E-state index contributed by atoms with van der Waals surface area (Å²) in [4.78, 5) is 24.3. The second kappa shape index (κ2) is 7.91. The summed E-state index contributed by atoms with van der Waals surface area (Å²) in [7, 11) is 0. The molecule has 4 N–H and O–H groups in total. The summed E-state index contributed by atoms with van der Waals surface area (Å²) in [5, 5.41) is 27.0. The third-order valence-corrected chi connectivity index (χ3v) is 5.20. The highest BCUT2D eigenvalue weighted by Gasteiger charge is 2.57. The molecule has 0 saturated heterocycles. The molecule has 0 fully saturated rings. The van der Waals surface area contributed by atoms with Gasteiger partial charge in [-0.05, 0) is 35.4 Å². The third kappa shape index (κ3) is 3.87. The van der Waals surface area contributed by atoms with Crippen LogP contribution < -0.4 is 10.6 Å². The smallest absolute Gasteiger partial charge is 0.339 e. The quantitative estimate of drug-likeness (QED) is 0.539. The minimum atomic E-state index is -2.27. The molecule has 0 aliphatic heterocycles. The Balaban J connectivity index is 2.18. The number of hydrogen-bond acceptors (Lipinski definition) is 4. The number of allylic oxidation sites excluding steroid dienone is 2. The van der Waals surface area contributed by atoms with Crippen LogP contribution >= 0.6 is 23.2 Å². The molecule has 8 heteroatoms. The topological polar surface area (TPSA) is 98.7 Å². The van der Waals surface area contributed by atoms with Crippen LogP contribution in [-0.2, 0) is 9.59 Å². The van der Waals surface area contributed by atoms with Gasteiger partial charge in [-0.15, -0.1) is 0 Å². The number of halogens is 2. The number of benzene rings is 2. The minimum Gasteiger partial charge on any atom is -0.479 e. The highest BCUT2D eigenvalue weighted by Crippen LogP contribution is 2.39. The van der Waals surface area contributed by atoms with Crippen molar-refractivity contribution in [1.29, 1.82) is 0 Å². The van der Waals surface area contributed by atoms with E-state index >= 15 is 0 Å². The number of aliphatic hydroxyl groups is 1. The van der Waals surface area contributed by atoms with Crippen LogP contribution in [0, 0.1) is 0 Å². The molecule has 2 atom stereocenters. The van der Waals surface area contributed by atoms with Crippen LogP contribution in [0.25, 0.3) is 5.57 Å². The molecule has 1 amide bonds. The van der Waals surface area contributed by atoms with Gasteiger partial charge in [0.2, 0.25) is 11.4 Å². The van der Waals surface area contributed by atoms with Crippen molar-refractivity contribution in [3.8, 4) is 0 Å². The predicted octanol–water partition coefficient (Wildman–Crippen LogP) is 3.71. The van der Waals surface area contributed by atoms with Crippen molar-refractivity contribution >= 4 is 46.3 Å². The second-order valence-electron chi connectivity index (χ2n) is 6.58. The number of hydrogen-bond donors (Lipinski definition) is 4. The van der Waals surface area contributed by atoms with E-state index in [4.69, 9.17) is 23.2 Å². The lowest BCUT2D eigenvalue weighted by molar-refractivity contribution is -0.152. The van der Waals surface area contributed by atoms with Gasteiger partial charge < -0.3 is 20.8 Å². The van der Waals surface area contributed by atoms with E-state index in [1.54, 1.807) is 36.4 Å². The summed E-state index contributed by atoms with van der Waals surface area (Å²) in [6.45, 7) is 1.17. The van der Waals surface area contributed by atoms with Crippen LogP contribution in [0.5, 0.6) is 0 Å². The van der Waals surface area contributed by atoms with Gasteiger partial charge in [-0.3, -0.25) is 4.79 Å². The molecule has 3 rings (SSSR count). The van der Waals surface area contributed by atoms with E-state index in [1.807, 2.05) is 6.07 Å². The molecule has 0 radical (unpaired) electrons. The molecule has 2 unspecified atom stereocenters. The standard InChI is InChI=1S/C21H18Cl2N2O4/c1-13(26)24-20(19(27)28)12-15(14-6-3-2-4-7-14)10-11-21(20,29)25-18-16(22)8-5-9-17(18)23/h2-12,25,29H,1H3,(H,24,26)(H,27,28). The van der Waals surface area contributed by atoms with Crippen LogP contribution in [0.4, 0.5) is 5.69 Å². The molecule has 29 heavy (non-hydrogen) atoms. The first-order valence-corrected chi connectivity index (χ1v) is 9.38. The highest BCUT2D eigenvalue weighted by molar-refractivity contribution is 6.39. The molecule has 0 saturated carbocycles. The SMILES string of the molecule is CC(=O)NC1(C(=O)O)C=C(c2ccccc2)C=CC1(O)Nc1c(Cl)cccc1Cl. The molecule has 2 aromatic carbocycles. The van der Waals surface area contributed by atoms with Crippen LogP contribution in [0.1, 0.15) is 12.5 Å². The number of aliphatic carboxylic acids is 1. The Bertz CT molecular complexity index is 1000. The Hall–Kier alpha value is -2.80. The largest absolute Gasteiger partial charge is 0.479 e. The van der Waals surface area contributed by atoms with Gasteiger partial charge in [-0.25, -0.2) is 4.79 Å². The van der Waals surface area contributed by atoms with Gasteiger partial charge in [-0.1, -0.05) is 65.7 Å². The summed E-state index contributed by atoms with van der Waals surface area (Å²) < 4.78 is 0. The van der Waals surface area contributed by atoms with Crippen molar-refractivity contribution in [2.45, 2.75) is 18.2 Å². The summed E-state index contributed by atoms with van der Waals surface area (Å²) in [5.74, 6) is -2.11. The Kier molecular flexibility index (Phi) is 5.71. The summed E-state index contributed by atoms with van der Waals surface area (Å²) >= 11 is 12.4. The number of carboxylic acids is 1. The highest BCUT2D eigenvalue weighted by atomic mass is 35.5. The number of carbonyl (C=O) groups is 2. The molecule has 1 aliphatic rings. The third-order valence-electron chi connectivity index (χ3n) is 4.57. The van der Waals surface area contributed by atoms with Crippen molar-refractivity contribution in [2.75, 3.05) is 5.32 Å². The first-order chi connectivity index (χ1) is 13.7. The van der Waals surface area contributed by atoms with Gasteiger partial charge in [0.1, 0.15) is 0 Å². The zero-order valence-corrected chi connectivity index (χ0v) is 16.8. The number of carbonyl (C=O) groups excluding carboxylic acids is 1. The van der Waals surface area contributed by atoms with Crippen LogP contribution in [0.3, 0.4) is 0 Å². The number of amides is 1. The Labute approximate surface area is 177 Å². The van der Waals surface area contributed by atoms with Gasteiger partial charge in [0, 0.05) is 6.92 Å². The second-order valence-corrected chi connectivity index (χ2v) is 7.40. The zero-order valence-electron chi connectivity index (χ0n) is 15.3. The lowest BCUT2D eigenvalue weighted by Crippen LogP contribution is -2.70. The van der Waals surface area contributed by atoms with Gasteiger partial charge in [0.25, 0.3) is 0 Å². The average Bonchev–Trinajstić information content (AvgIpc) is 2.67. The van der Waals surface area contributed by atoms with Crippen molar-refractivity contribution < 1.29 is 19.8 Å². The summed E-state index contributed by atoms with van der Waals surface area (Å²) in [6.07, 6.45) is 4.12. The maximum Gasteiger partial charge on any atom is 0.339 e. The number of nitrogens with one attached hydrogen (secondary N) is 2. The van der Waals surface area contributed by atoms with Gasteiger partial charge >= 0.3 is 5.97 Å². The Morgan fingerprint density at radius 2 is 1.62 bits per heavy atom. The fourth-order valence-corrected chi connectivity index (χ4v) is 3.67. The van der Waals surface area contributed by atoms with Crippen molar-refractivity contribution in [3.05, 3.63) is 82.4 Å². The lowest BCUT2D eigenvalue weighted by Gasteiger charge is -2.44. The van der Waals surface area contributed by atoms with E-state index < -0.39 is 23.1 Å². The summed E-state index contributed by atoms with van der Waals surface area (Å²) in [6, 6.07) is 13.7. The fraction of sp³-hybridized carbons (Fsp3) is 0.143. The number of carboxylic acid groups (broad SMARTS) is 1. The molecular formula is C21H18Cl2N2O4. The van der Waals surface area contributed by atoms with Crippen LogP contribution in [0.2, 0.25) is 10.0 Å².